The van der Waals surface area contributed by atoms with E-state index in [9.17, 15) is 4.79 Å². The minimum Gasteiger partial charge on any atom is -0.464 e. The number of hydrogen-bond acceptors (Lipinski definition) is 5. The summed E-state index contributed by atoms with van der Waals surface area (Å²) in [6.45, 7) is 5.52. The molecular weight excluding hydrogens is 272 g/mol. The highest BCUT2D eigenvalue weighted by molar-refractivity contribution is 5.76. The molecule has 0 aliphatic carbocycles. The number of carbonyl (C=O) groups excluding carboxylic acids is 1. The van der Waals surface area contributed by atoms with Crippen molar-refractivity contribution in [3.63, 3.8) is 0 Å². The molecule has 0 saturated carbocycles. The van der Waals surface area contributed by atoms with Crippen LogP contribution in [-0.4, -0.2) is 32.4 Å². The second-order valence-electron chi connectivity index (χ2n) is 4.35. The highest BCUT2D eigenvalue weighted by atomic mass is 17.2. The third-order valence-electron chi connectivity index (χ3n) is 2.71. The highest BCUT2D eigenvalue weighted by Crippen LogP contribution is 2.19. The summed E-state index contributed by atoms with van der Waals surface area (Å²) in [5.41, 5.74) is 0.807. The standard InChI is InChI=1S/C16H24O5/c1-3-18-16(17)15(14-10-6-5-7-11-14)19-12-8-9-13-21-20-4-2/h5-7,10-11,15H,3-4,8-9,12-13H2,1-2H3. The first-order valence-electron chi connectivity index (χ1n) is 7.37. The smallest absolute Gasteiger partial charge is 0.339 e. The van der Waals surface area contributed by atoms with Crippen LogP contribution in [0.5, 0.6) is 0 Å². The van der Waals surface area contributed by atoms with Gasteiger partial charge in [0.05, 0.1) is 19.8 Å². The van der Waals surface area contributed by atoms with Crippen LogP contribution in [0.1, 0.15) is 38.4 Å². The zero-order valence-electron chi connectivity index (χ0n) is 12.7. The van der Waals surface area contributed by atoms with Crippen molar-refractivity contribution >= 4 is 5.97 Å². The third-order valence-corrected chi connectivity index (χ3v) is 2.71. The Morgan fingerprint density at radius 1 is 1.00 bits per heavy atom. The number of unbranched alkanes of at least 4 members (excludes halogenated alkanes) is 1. The zero-order chi connectivity index (χ0) is 15.3. The summed E-state index contributed by atoms with van der Waals surface area (Å²) in [4.78, 5) is 21.7. The first-order valence-corrected chi connectivity index (χ1v) is 7.37. The number of carbonyl (C=O) groups is 1. The number of rotatable bonds is 11. The van der Waals surface area contributed by atoms with Crippen molar-refractivity contribution in [1.82, 2.24) is 0 Å². The Morgan fingerprint density at radius 3 is 2.38 bits per heavy atom. The SMILES string of the molecule is CCOOCCCCOC(C(=O)OCC)c1ccccc1. The average Bonchev–Trinajstić information content (AvgIpc) is 2.51. The van der Waals surface area contributed by atoms with E-state index in [2.05, 4.69) is 0 Å². The topological polar surface area (TPSA) is 54.0 Å². The average molecular weight is 296 g/mol. The van der Waals surface area contributed by atoms with Gasteiger partial charge in [-0.05, 0) is 32.3 Å². The maximum atomic E-state index is 12.0. The van der Waals surface area contributed by atoms with E-state index in [1.165, 1.54) is 0 Å². The summed E-state index contributed by atoms with van der Waals surface area (Å²) >= 11 is 0. The molecule has 0 aliphatic heterocycles. The molecule has 21 heavy (non-hydrogen) atoms. The summed E-state index contributed by atoms with van der Waals surface area (Å²) in [5, 5.41) is 0. The molecule has 1 unspecified atom stereocenters. The molecule has 0 fully saturated rings. The van der Waals surface area contributed by atoms with Gasteiger partial charge in [0, 0.05) is 6.61 Å². The second-order valence-corrected chi connectivity index (χ2v) is 4.35. The van der Waals surface area contributed by atoms with Crippen LogP contribution in [0.25, 0.3) is 0 Å². The van der Waals surface area contributed by atoms with Gasteiger partial charge >= 0.3 is 5.97 Å². The van der Waals surface area contributed by atoms with Gasteiger partial charge < -0.3 is 9.47 Å². The molecule has 5 heteroatoms. The largest absolute Gasteiger partial charge is 0.464 e. The molecule has 0 bridgehead atoms. The van der Waals surface area contributed by atoms with Crippen molar-refractivity contribution in [1.29, 1.82) is 0 Å². The molecule has 118 valence electrons. The van der Waals surface area contributed by atoms with Crippen molar-refractivity contribution < 1.29 is 24.0 Å². The van der Waals surface area contributed by atoms with Gasteiger partial charge in [0.2, 0.25) is 0 Å². The number of benzene rings is 1. The molecule has 0 radical (unpaired) electrons. The van der Waals surface area contributed by atoms with Gasteiger partial charge in [0.25, 0.3) is 0 Å². The van der Waals surface area contributed by atoms with Crippen LogP contribution in [0.3, 0.4) is 0 Å². The maximum absolute atomic E-state index is 12.0. The molecule has 0 heterocycles. The summed E-state index contributed by atoms with van der Waals surface area (Å²) < 4.78 is 10.7. The van der Waals surface area contributed by atoms with Gasteiger partial charge in [0.1, 0.15) is 0 Å². The molecule has 0 aliphatic rings. The zero-order valence-corrected chi connectivity index (χ0v) is 12.7. The summed E-state index contributed by atoms with van der Waals surface area (Å²) in [6, 6.07) is 9.37. The Bertz CT molecular complexity index is 380. The maximum Gasteiger partial charge on any atom is 0.339 e. The highest BCUT2D eigenvalue weighted by Gasteiger charge is 2.22. The lowest BCUT2D eigenvalue weighted by atomic mass is 10.1. The fourth-order valence-electron chi connectivity index (χ4n) is 1.75. The van der Waals surface area contributed by atoms with Gasteiger partial charge in [-0.15, -0.1) is 0 Å². The minimum atomic E-state index is -0.668. The predicted octanol–water partition coefficient (Wildman–Crippen LogP) is 3.06. The Morgan fingerprint density at radius 2 is 1.71 bits per heavy atom. The Balaban J connectivity index is 2.38. The van der Waals surface area contributed by atoms with E-state index in [4.69, 9.17) is 19.2 Å². The van der Waals surface area contributed by atoms with E-state index < -0.39 is 6.10 Å². The van der Waals surface area contributed by atoms with Crippen molar-refractivity contribution in [2.24, 2.45) is 0 Å². The van der Waals surface area contributed by atoms with Crippen molar-refractivity contribution in [3.05, 3.63) is 35.9 Å². The Kier molecular flexibility index (Phi) is 9.44. The molecule has 1 rings (SSSR count). The summed E-state index contributed by atoms with van der Waals surface area (Å²) in [5.74, 6) is -0.353. The van der Waals surface area contributed by atoms with Crippen molar-refractivity contribution in [2.45, 2.75) is 32.8 Å². The predicted molar refractivity (Wildman–Crippen MR) is 78.6 cm³/mol. The van der Waals surface area contributed by atoms with Gasteiger partial charge in [-0.25, -0.2) is 14.6 Å². The molecule has 0 aromatic heterocycles. The molecule has 1 aromatic carbocycles. The lowest BCUT2D eigenvalue weighted by molar-refractivity contribution is -0.291. The van der Waals surface area contributed by atoms with E-state index in [-0.39, 0.29) is 5.97 Å². The molecule has 0 saturated heterocycles. The lowest BCUT2D eigenvalue weighted by Gasteiger charge is -2.16. The third kappa shape index (κ3) is 7.22. The summed E-state index contributed by atoms with van der Waals surface area (Å²) in [6.07, 6.45) is 0.930. The van der Waals surface area contributed by atoms with Crippen molar-refractivity contribution in [3.8, 4) is 0 Å². The molecule has 5 nitrogen and oxygen atoms in total. The lowest BCUT2D eigenvalue weighted by Crippen LogP contribution is -2.19. The quantitative estimate of drug-likeness (QED) is 0.272. The van der Waals surface area contributed by atoms with Gasteiger partial charge in [-0.2, -0.15) is 0 Å². The van der Waals surface area contributed by atoms with Gasteiger partial charge in [-0.1, -0.05) is 30.3 Å². The fraction of sp³-hybridized carbons (Fsp3) is 0.562. The Hall–Kier alpha value is -1.43. The number of hydrogen-bond donors (Lipinski definition) is 0. The summed E-state index contributed by atoms with van der Waals surface area (Å²) in [7, 11) is 0. The second kappa shape index (κ2) is 11.3. The van der Waals surface area contributed by atoms with E-state index in [1.807, 2.05) is 37.3 Å². The molecule has 0 spiro atoms. The van der Waals surface area contributed by atoms with Crippen LogP contribution in [0, 0.1) is 0 Å². The van der Waals surface area contributed by atoms with Crippen LogP contribution in [0.2, 0.25) is 0 Å². The first-order chi connectivity index (χ1) is 10.3. The molecule has 1 atom stereocenters. The van der Waals surface area contributed by atoms with Crippen LogP contribution in [-0.2, 0) is 24.0 Å². The molecule has 0 amide bonds. The molecule has 1 aromatic rings. The first kappa shape index (κ1) is 17.6. The number of ether oxygens (including phenoxy) is 2. The van der Waals surface area contributed by atoms with Gasteiger partial charge in [-0.3, -0.25) is 0 Å². The molecule has 0 N–H and O–H groups in total. The Labute approximate surface area is 126 Å². The van der Waals surface area contributed by atoms with Crippen molar-refractivity contribution in [2.75, 3.05) is 26.4 Å². The number of esters is 1. The minimum absolute atomic E-state index is 0.341. The van der Waals surface area contributed by atoms with Crippen LogP contribution in [0.15, 0.2) is 30.3 Å². The van der Waals surface area contributed by atoms with Crippen LogP contribution in [0.4, 0.5) is 0 Å². The van der Waals surface area contributed by atoms with E-state index >= 15 is 0 Å². The van der Waals surface area contributed by atoms with Crippen LogP contribution < -0.4 is 0 Å². The fourth-order valence-corrected chi connectivity index (χ4v) is 1.75. The normalized spacial score (nSPS) is 12.1. The van der Waals surface area contributed by atoms with E-state index in [1.54, 1.807) is 6.92 Å². The molecular formula is C16H24O5. The van der Waals surface area contributed by atoms with Crippen LogP contribution >= 0.6 is 0 Å². The monoisotopic (exact) mass is 296 g/mol. The van der Waals surface area contributed by atoms with E-state index in [0.29, 0.717) is 26.4 Å². The van der Waals surface area contributed by atoms with E-state index in [0.717, 1.165) is 18.4 Å². The van der Waals surface area contributed by atoms with Gasteiger partial charge in [0.15, 0.2) is 6.10 Å².